The number of nitrogen functional groups attached to an aromatic ring is 2. The van der Waals surface area contributed by atoms with Crippen LogP contribution in [0.15, 0.2) is 48.8 Å². The van der Waals surface area contributed by atoms with Gasteiger partial charge in [-0.25, -0.2) is 4.98 Å². The molecule has 8 heteroatoms. The highest BCUT2D eigenvalue weighted by Crippen LogP contribution is 2.32. The predicted octanol–water partition coefficient (Wildman–Crippen LogP) is 3.12. The van der Waals surface area contributed by atoms with Crippen LogP contribution in [0.1, 0.15) is 16.7 Å². The van der Waals surface area contributed by atoms with E-state index in [0.717, 1.165) is 12.1 Å². The van der Waals surface area contributed by atoms with Crippen LogP contribution < -0.4 is 11.5 Å². The van der Waals surface area contributed by atoms with Gasteiger partial charge in [-0.15, -0.1) is 0 Å². The van der Waals surface area contributed by atoms with E-state index in [1.54, 1.807) is 24.5 Å². The molecule has 0 aliphatic carbocycles. The number of rotatable bonds is 1. The summed E-state index contributed by atoms with van der Waals surface area (Å²) in [4.78, 5) is 11.9. The van der Waals surface area contributed by atoms with E-state index >= 15 is 0 Å². The normalized spacial score (nSPS) is 10.9. The van der Waals surface area contributed by atoms with Gasteiger partial charge in [-0.2, -0.15) is 18.2 Å². The Bertz CT molecular complexity index is 988. The van der Waals surface area contributed by atoms with Crippen molar-refractivity contribution in [3.63, 3.8) is 0 Å². The highest BCUT2D eigenvalue weighted by Gasteiger charge is 2.30. The van der Waals surface area contributed by atoms with Crippen molar-refractivity contribution in [2.75, 3.05) is 11.5 Å². The van der Waals surface area contributed by atoms with Gasteiger partial charge >= 0.3 is 6.18 Å². The summed E-state index contributed by atoms with van der Waals surface area (Å²) >= 11 is 0. The fourth-order valence-electron chi connectivity index (χ4n) is 2.22. The summed E-state index contributed by atoms with van der Waals surface area (Å²) in [5.74, 6) is 5.68. The fourth-order valence-corrected chi connectivity index (χ4v) is 2.22. The second-order valence-electron chi connectivity index (χ2n) is 5.26. The standard InChI is InChI=1S/C18H12F3N5/c19-18(20,21)13-6-4-12(5-7-13)15-14(16(22)26-17(23)25-15)8-3-11-2-1-9-24-10-11/h1-2,4-7,9-10H,(H4,22,23,25,26). The molecule has 0 radical (unpaired) electrons. The molecule has 4 N–H and O–H groups in total. The number of benzene rings is 1. The smallest absolute Gasteiger partial charge is 0.382 e. The van der Waals surface area contributed by atoms with E-state index in [2.05, 4.69) is 26.8 Å². The molecular formula is C18H12F3N5. The van der Waals surface area contributed by atoms with Crippen LogP contribution in [-0.2, 0) is 6.18 Å². The lowest BCUT2D eigenvalue weighted by Gasteiger charge is -2.10. The van der Waals surface area contributed by atoms with Crippen LogP contribution in [0.3, 0.4) is 0 Å². The third-order valence-electron chi connectivity index (χ3n) is 3.43. The van der Waals surface area contributed by atoms with Crippen molar-refractivity contribution in [2.45, 2.75) is 6.18 Å². The largest absolute Gasteiger partial charge is 0.416 e. The van der Waals surface area contributed by atoms with Gasteiger partial charge in [-0.3, -0.25) is 4.98 Å². The number of hydrogen-bond donors (Lipinski definition) is 2. The molecule has 0 unspecified atom stereocenters. The van der Waals surface area contributed by atoms with Gasteiger partial charge in [-0.05, 0) is 24.3 Å². The second-order valence-corrected chi connectivity index (χ2v) is 5.26. The van der Waals surface area contributed by atoms with Gasteiger partial charge in [0.2, 0.25) is 5.95 Å². The first kappa shape index (κ1) is 17.2. The molecule has 0 saturated carbocycles. The summed E-state index contributed by atoms with van der Waals surface area (Å²) in [7, 11) is 0. The van der Waals surface area contributed by atoms with Gasteiger partial charge in [0.05, 0.1) is 16.8 Å². The first-order chi connectivity index (χ1) is 12.3. The summed E-state index contributed by atoms with van der Waals surface area (Å²) in [5, 5.41) is 0. The van der Waals surface area contributed by atoms with Gasteiger partial charge in [0.25, 0.3) is 0 Å². The molecule has 5 nitrogen and oxygen atoms in total. The number of pyridine rings is 1. The van der Waals surface area contributed by atoms with Crippen molar-refractivity contribution in [3.05, 3.63) is 65.5 Å². The molecule has 3 rings (SSSR count). The van der Waals surface area contributed by atoms with Crippen molar-refractivity contribution in [1.82, 2.24) is 15.0 Å². The third kappa shape index (κ3) is 3.72. The minimum Gasteiger partial charge on any atom is -0.382 e. The Morgan fingerprint density at radius 3 is 2.27 bits per heavy atom. The Hall–Kier alpha value is -3.60. The van der Waals surface area contributed by atoms with Gasteiger partial charge < -0.3 is 11.5 Å². The summed E-state index contributed by atoms with van der Waals surface area (Å²) in [6, 6.07) is 7.98. The van der Waals surface area contributed by atoms with Crippen molar-refractivity contribution >= 4 is 11.8 Å². The van der Waals surface area contributed by atoms with E-state index in [9.17, 15) is 13.2 Å². The summed E-state index contributed by atoms with van der Waals surface area (Å²) in [6.45, 7) is 0. The van der Waals surface area contributed by atoms with Crippen LogP contribution in [0.5, 0.6) is 0 Å². The molecule has 3 aromatic rings. The van der Waals surface area contributed by atoms with Crippen molar-refractivity contribution in [3.8, 4) is 23.1 Å². The molecule has 2 aromatic heterocycles. The lowest BCUT2D eigenvalue weighted by Crippen LogP contribution is -2.06. The predicted molar refractivity (Wildman–Crippen MR) is 91.5 cm³/mol. The summed E-state index contributed by atoms with van der Waals surface area (Å²) in [6.07, 6.45) is -1.25. The van der Waals surface area contributed by atoms with E-state index in [0.29, 0.717) is 11.1 Å². The maximum atomic E-state index is 12.7. The molecule has 2 heterocycles. The maximum Gasteiger partial charge on any atom is 0.416 e. The number of nitrogens with two attached hydrogens (primary N) is 2. The van der Waals surface area contributed by atoms with Gasteiger partial charge in [0, 0.05) is 23.5 Å². The molecule has 0 aliphatic heterocycles. The fraction of sp³-hybridized carbons (Fsp3) is 0.0556. The summed E-state index contributed by atoms with van der Waals surface area (Å²) < 4.78 is 38.2. The zero-order valence-electron chi connectivity index (χ0n) is 13.2. The number of anilines is 2. The minimum atomic E-state index is -4.43. The highest BCUT2D eigenvalue weighted by molar-refractivity contribution is 5.74. The third-order valence-corrected chi connectivity index (χ3v) is 3.43. The van der Waals surface area contributed by atoms with Crippen LogP contribution in [0.4, 0.5) is 24.9 Å². The molecule has 0 fully saturated rings. The molecule has 0 bridgehead atoms. The number of halogens is 3. The Kier molecular flexibility index (Phi) is 4.45. The topological polar surface area (TPSA) is 90.7 Å². The second kappa shape index (κ2) is 6.72. The van der Waals surface area contributed by atoms with E-state index < -0.39 is 11.7 Å². The molecule has 0 saturated heterocycles. The number of aromatic nitrogens is 3. The number of alkyl halides is 3. The van der Waals surface area contributed by atoms with Gasteiger partial charge in [-0.1, -0.05) is 24.0 Å². The Labute approximate surface area is 146 Å². The maximum absolute atomic E-state index is 12.7. The highest BCUT2D eigenvalue weighted by atomic mass is 19.4. The van der Waals surface area contributed by atoms with E-state index in [1.165, 1.54) is 12.1 Å². The van der Waals surface area contributed by atoms with E-state index in [-0.39, 0.29) is 23.0 Å². The lowest BCUT2D eigenvalue weighted by molar-refractivity contribution is -0.137. The first-order valence-electron chi connectivity index (χ1n) is 7.37. The minimum absolute atomic E-state index is 0.0452. The van der Waals surface area contributed by atoms with E-state index in [4.69, 9.17) is 11.5 Å². The summed E-state index contributed by atoms with van der Waals surface area (Å²) in [5.41, 5.74) is 12.3. The van der Waals surface area contributed by atoms with Crippen LogP contribution in [-0.4, -0.2) is 15.0 Å². The van der Waals surface area contributed by atoms with Crippen molar-refractivity contribution in [2.24, 2.45) is 0 Å². The monoisotopic (exact) mass is 355 g/mol. The Balaban J connectivity index is 2.09. The molecule has 130 valence electrons. The van der Waals surface area contributed by atoms with Crippen molar-refractivity contribution < 1.29 is 13.2 Å². The van der Waals surface area contributed by atoms with Gasteiger partial charge in [0.15, 0.2) is 0 Å². The number of hydrogen-bond acceptors (Lipinski definition) is 5. The quantitative estimate of drug-likeness (QED) is 0.655. The van der Waals surface area contributed by atoms with E-state index in [1.807, 2.05) is 0 Å². The Morgan fingerprint density at radius 2 is 1.65 bits per heavy atom. The number of nitrogens with zero attached hydrogens (tertiary/aromatic N) is 3. The van der Waals surface area contributed by atoms with Crippen molar-refractivity contribution in [1.29, 1.82) is 0 Å². The molecule has 1 aromatic carbocycles. The molecule has 0 amide bonds. The molecule has 0 aliphatic rings. The van der Waals surface area contributed by atoms with Crippen LogP contribution in [0.2, 0.25) is 0 Å². The molecule has 26 heavy (non-hydrogen) atoms. The van der Waals surface area contributed by atoms with Crippen LogP contribution in [0.25, 0.3) is 11.3 Å². The average Bonchev–Trinajstić information content (AvgIpc) is 2.60. The lowest BCUT2D eigenvalue weighted by atomic mass is 10.0. The van der Waals surface area contributed by atoms with Crippen LogP contribution >= 0.6 is 0 Å². The Morgan fingerprint density at radius 1 is 0.923 bits per heavy atom. The molecule has 0 atom stereocenters. The zero-order valence-corrected chi connectivity index (χ0v) is 13.2. The van der Waals surface area contributed by atoms with Gasteiger partial charge in [0.1, 0.15) is 5.82 Å². The SMILES string of the molecule is Nc1nc(N)c(C#Cc2cccnc2)c(-c2ccc(C(F)(F)F)cc2)n1. The van der Waals surface area contributed by atoms with Crippen LogP contribution in [0, 0.1) is 11.8 Å². The average molecular weight is 355 g/mol. The molecular weight excluding hydrogens is 343 g/mol. The first-order valence-corrected chi connectivity index (χ1v) is 7.37. The zero-order chi connectivity index (χ0) is 18.7. The molecule has 0 spiro atoms.